The fraction of sp³-hybridized carbons (Fsp3) is 0.125. The van der Waals surface area contributed by atoms with Gasteiger partial charge in [-0.15, -0.1) is 0 Å². The molecule has 0 fully saturated rings. The van der Waals surface area contributed by atoms with E-state index in [0.29, 0.717) is 23.5 Å². The van der Waals surface area contributed by atoms with Gasteiger partial charge in [-0.3, -0.25) is 4.79 Å². The third-order valence-corrected chi connectivity index (χ3v) is 2.74. The van der Waals surface area contributed by atoms with E-state index in [0.717, 1.165) is 5.56 Å². The van der Waals surface area contributed by atoms with E-state index in [4.69, 9.17) is 10.00 Å². The van der Waals surface area contributed by atoms with Gasteiger partial charge in [0.15, 0.2) is 5.78 Å². The van der Waals surface area contributed by atoms with Crippen molar-refractivity contribution in [2.24, 2.45) is 0 Å². The van der Waals surface area contributed by atoms with Crippen LogP contribution in [0, 0.1) is 11.3 Å². The second-order valence-corrected chi connectivity index (χ2v) is 4.15. The van der Waals surface area contributed by atoms with Gasteiger partial charge in [0.1, 0.15) is 18.4 Å². The summed E-state index contributed by atoms with van der Waals surface area (Å²) in [5, 5.41) is 9.08. The molecule has 0 radical (unpaired) electrons. The number of ether oxygens (including phenoxy) is 1. The first-order chi connectivity index (χ1) is 9.20. The Hall–Kier alpha value is -2.60. The Morgan fingerprint density at radius 3 is 2.58 bits per heavy atom. The van der Waals surface area contributed by atoms with Crippen molar-refractivity contribution in [3.63, 3.8) is 0 Å². The molecular weight excluding hydrogens is 238 g/mol. The van der Waals surface area contributed by atoms with E-state index in [2.05, 4.69) is 0 Å². The molecule has 0 saturated carbocycles. The molecule has 0 unspecified atom stereocenters. The van der Waals surface area contributed by atoms with Crippen molar-refractivity contribution in [3.8, 4) is 11.8 Å². The smallest absolute Gasteiger partial charge is 0.159 e. The molecule has 94 valence electrons. The SMILES string of the molecule is CC(=O)c1ccc(OCc2ccccc2)c(C#N)c1. The number of hydrogen-bond donors (Lipinski definition) is 0. The van der Waals surface area contributed by atoms with Crippen LogP contribution in [0.5, 0.6) is 5.75 Å². The first-order valence-electron chi connectivity index (χ1n) is 5.92. The maximum Gasteiger partial charge on any atom is 0.159 e. The second kappa shape index (κ2) is 5.83. The monoisotopic (exact) mass is 251 g/mol. The fourth-order valence-corrected chi connectivity index (χ4v) is 1.70. The Morgan fingerprint density at radius 2 is 1.95 bits per heavy atom. The minimum absolute atomic E-state index is 0.0638. The van der Waals surface area contributed by atoms with E-state index in [1.54, 1.807) is 18.2 Å². The molecule has 2 aromatic rings. The highest BCUT2D eigenvalue weighted by atomic mass is 16.5. The Bertz CT molecular complexity index is 627. The van der Waals surface area contributed by atoms with E-state index in [-0.39, 0.29) is 5.78 Å². The Kier molecular flexibility index (Phi) is 3.94. The van der Waals surface area contributed by atoms with Gasteiger partial charge in [0, 0.05) is 5.56 Å². The average Bonchev–Trinajstić information content (AvgIpc) is 2.45. The molecule has 0 aliphatic carbocycles. The molecule has 0 bridgehead atoms. The van der Waals surface area contributed by atoms with Gasteiger partial charge in [0.05, 0.1) is 5.56 Å². The predicted molar refractivity (Wildman–Crippen MR) is 71.9 cm³/mol. The molecule has 3 nitrogen and oxygen atoms in total. The van der Waals surface area contributed by atoms with E-state index < -0.39 is 0 Å². The van der Waals surface area contributed by atoms with Crippen molar-refractivity contribution in [1.82, 2.24) is 0 Å². The van der Waals surface area contributed by atoms with Crippen molar-refractivity contribution < 1.29 is 9.53 Å². The summed E-state index contributed by atoms with van der Waals surface area (Å²) in [5.74, 6) is 0.433. The fourth-order valence-electron chi connectivity index (χ4n) is 1.70. The normalized spacial score (nSPS) is 9.68. The van der Waals surface area contributed by atoms with Crippen LogP contribution >= 0.6 is 0 Å². The van der Waals surface area contributed by atoms with Crippen molar-refractivity contribution >= 4 is 5.78 Å². The summed E-state index contributed by atoms with van der Waals surface area (Å²) < 4.78 is 5.62. The van der Waals surface area contributed by atoms with Gasteiger partial charge in [0.25, 0.3) is 0 Å². The average molecular weight is 251 g/mol. The van der Waals surface area contributed by atoms with Gasteiger partial charge in [-0.05, 0) is 30.7 Å². The van der Waals surface area contributed by atoms with Gasteiger partial charge in [-0.25, -0.2) is 0 Å². The molecule has 19 heavy (non-hydrogen) atoms. The van der Waals surface area contributed by atoms with Crippen LogP contribution in [-0.2, 0) is 6.61 Å². The standard InChI is InChI=1S/C16H13NO2/c1-12(18)14-7-8-16(15(9-14)10-17)19-11-13-5-3-2-4-6-13/h2-9H,11H2,1H3. The largest absolute Gasteiger partial charge is 0.488 e. The number of carbonyl (C=O) groups is 1. The molecular formula is C16H13NO2. The molecule has 0 saturated heterocycles. The maximum atomic E-state index is 11.3. The molecule has 0 aromatic heterocycles. The molecule has 0 spiro atoms. The van der Waals surface area contributed by atoms with E-state index >= 15 is 0 Å². The number of benzene rings is 2. The molecule has 2 rings (SSSR count). The quantitative estimate of drug-likeness (QED) is 0.783. The predicted octanol–water partition coefficient (Wildman–Crippen LogP) is 3.34. The summed E-state index contributed by atoms with van der Waals surface area (Å²) in [6, 6.07) is 16.7. The minimum atomic E-state index is -0.0638. The number of carbonyl (C=O) groups excluding carboxylic acids is 1. The van der Waals surface area contributed by atoms with E-state index in [9.17, 15) is 4.79 Å². The maximum absolute atomic E-state index is 11.3. The topological polar surface area (TPSA) is 50.1 Å². The second-order valence-electron chi connectivity index (χ2n) is 4.15. The zero-order chi connectivity index (χ0) is 13.7. The summed E-state index contributed by atoms with van der Waals surface area (Å²) in [4.78, 5) is 11.3. The van der Waals surface area contributed by atoms with Crippen LogP contribution in [0.25, 0.3) is 0 Å². The minimum Gasteiger partial charge on any atom is -0.488 e. The number of nitriles is 1. The van der Waals surface area contributed by atoms with Crippen LogP contribution in [0.15, 0.2) is 48.5 Å². The first-order valence-corrected chi connectivity index (χ1v) is 5.92. The Morgan fingerprint density at radius 1 is 1.21 bits per heavy atom. The lowest BCUT2D eigenvalue weighted by atomic mass is 10.1. The van der Waals surface area contributed by atoms with Crippen molar-refractivity contribution in [2.45, 2.75) is 13.5 Å². The van der Waals surface area contributed by atoms with Crippen LogP contribution in [-0.4, -0.2) is 5.78 Å². The lowest BCUT2D eigenvalue weighted by molar-refractivity contribution is 0.101. The zero-order valence-electron chi connectivity index (χ0n) is 10.6. The lowest BCUT2D eigenvalue weighted by Gasteiger charge is -2.08. The van der Waals surface area contributed by atoms with Gasteiger partial charge >= 0.3 is 0 Å². The summed E-state index contributed by atoms with van der Waals surface area (Å²) >= 11 is 0. The molecule has 0 N–H and O–H groups in total. The summed E-state index contributed by atoms with van der Waals surface area (Å²) in [5.41, 5.74) is 1.93. The number of Topliss-reactive ketones (excluding diaryl/α,β-unsaturated/α-hetero) is 1. The highest BCUT2D eigenvalue weighted by Crippen LogP contribution is 2.21. The molecule has 0 heterocycles. The van der Waals surface area contributed by atoms with Crippen molar-refractivity contribution in [3.05, 3.63) is 65.2 Å². The van der Waals surface area contributed by atoms with Crippen LogP contribution in [0.3, 0.4) is 0 Å². The molecule has 0 aliphatic heterocycles. The zero-order valence-corrected chi connectivity index (χ0v) is 10.6. The van der Waals surface area contributed by atoms with Crippen LogP contribution in [0.1, 0.15) is 28.4 Å². The van der Waals surface area contributed by atoms with Crippen molar-refractivity contribution in [2.75, 3.05) is 0 Å². The van der Waals surface area contributed by atoms with Crippen LogP contribution in [0.4, 0.5) is 0 Å². The van der Waals surface area contributed by atoms with Gasteiger partial charge in [0.2, 0.25) is 0 Å². The Balaban J connectivity index is 2.17. The lowest BCUT2D eigenvalue weighted by Crippen LogP contribution is -1.99. The summed E-state index contributed by atoms with van der Waals surface area (Å²) in [6.45, 7) is 1.87. The highest BCUT2D eigenvalue weighted by molar-refractivity contribution is 5.94. The summed E-state index contributed by atoms with van der Waals surface area (Å²) in [6.07, 6.45) is 0. The number of ketones is 1. The van der Waals surface area contributed by atoms with Crippen molar-refractivity contribution in [1.29, 1.82) is 5.26 Å². The third-order valence-electron chi connectivity index (χ3n) is 2.74. The summed E-state index contributed by atoms with van der Waals surface area (Å²) in [7, 11) is 0. The molecule has 0 aliphatic rings. The number of nitrogens with zero attached hydrogens (tertiary/aromatic N) is 1. The third kappa shape index (κ3) is 3.20. The molecule has 2 aromatic carbocycles. The van der Waals surface area contributed by atoms with Gasteiger partial charge in [-0.2, -0.15) is 5.26 Å². The molecule has 0 amide bonds. The van der Waals surface area contributed by atoms with Gasteiger partial charge in [-0.1, -0.05) is 30.3 Å². The number of rotatable bonds is 4. The highest BCUT2D eigenvalue weighted by Gasteiger charge is 2.07. The Labute approximate surface area is 112 Å². The number of hydrogen-bond acceptors (Lipinski definition) is 3. The van der Waals surface area contributed by atoms with Crippen LogP contribution < -0.4 is 4.74 Å². The van der Waals surface area contributed by atoms with Crippen LogP contribution in [0.2, 0.25) is 0 Å². The first kappa shape index (κ1) is 12.8. The molecule has 0 atom stereocenters. The van der Waals surface area contributed by atoms with E-state index in [1.807, 2.05) is 36.4 Å². The van der Waals surface area contributed by atoms with E-state index in [1.165, 1.54) is 6.92 Å². The molecule has 3 heteroatoms. The van der Waals surface area contributed by atoms with Gasteiger partial charge < -0.3 is 4.74 Å².